The Labute approximate surface area is 180 Å². The lowest BCUT2D eigenvalue weighted by atomic mass is 10.2. The lowest BCUT2D eigenvalue weighted by Crippen LogP contribution is -2.11. The molecule has 29 heavy (non-hydrogen) atoms. The Hall–Kier alpha value is -2.68. The van der Waals surface area contributed by atoms with Gasteiger partial charge in [-0.15, -0.1) is 34.4 Å². The fourth-order valence-electron chi connectivity index (χ4n) is 2.56. The predicted octanol–water partition coefficient (Wildman–Crippen LogP) is 5.82. The van der Waals surface area contributed by atoms with Crippen molar-refractivity contribution in [2.75, 3.05) is 11.6 Å². The molecule has 0 aliphatic rings. The maximum atomic E-state index is 12.5. The second-order valence-electron chi connectivity index (χ2n) is 6.01. The first-order valence-corrected chi connectivity index (χ1v) is 11.8. The van der Waals surface area contributed by atoms with Gasteiger partial charge in [0.05, 0.1) is 16.9 Å². The van der Waals surface area contributed by atoms with E-state index in [4.69, 9.17) is 4.74 Å². The molecule has 0 saturated heterocycles. The van der Waals surface area contributed by atoms with Crippen LogP contribution in [0, 0.1) is 0 Å². The minimum Gasteiger partial charge on any atom is -0.487 e. The summed E-state index contributed by atoms with van der Waals surface area (Å²) in [7, 11) is 0. The number of rotatable bonds is 7. The Kier molecular flexibility index (Phi) is 6.24. The molecule has 1 amide bonds. The molecule has 8 heteroatoms. The number of amides is 1. The number of aromatic nitrogens is 2. The molecule has 0 unspecified atom stereocenters. The molecule has 5 nitrogen and oxygen atoms in total. The minimum absolute atomic E-state index is 0.199. The van der Waals surface area contributed by atoms with E-state index < -0.39 is 0 Å². The number of hydrogen-bond acceptors (Lipinski definition) is 7. The molecule has 0 spiro atoms. The summed E-state index contributed by atoms with van der Waals surface area (Å²) in [5.41, 5.74) is 5.09. The van der Waals surface area contributed by atoms with E-state index in [0.29, 0.717) is 23.1 Å². The van der Waals surface area contributed by atoms with Crippen LogP contribution in [-0.2, 0) is 6.61 Å². The third kappa shape index (κ3) is 5.03. The van der Waals surface area contributed by atoms with Gasteiger partial charge in [0.15, 0.2) is 5.13 Å². The van der Waals surface area contributed by atoms with Gasteiger partial charge < -0.3 is 4.74 Å². The quantitative estimate of drug-likeness (QED) is 0.368. The molecule has 0 atom stereocenters. The molecule has 2 aromatic heterocycles. The Bertz CT molecular complexity index is 1080. The zero-order valence-corrected chi connectivity index (χ0v) is 17.9. The number of thioether (sulfide) groups is 1. The van der Waals surface area contributed by atoms with Gasteiger partial charge in [0, 0.05) is 26.8 Å². The van der Waals surface area contributed by atoms with Gasteiger partial charge in [0.1, 0.15) is 12.4 Å². The molecule has 0 saturated carbocycles. The highest BCUT2D eigenvalue weighted by Crippen LogP contribution is 2.27. The topological polar surface area (TPSA) is 64.1 Å². The van der Waals surface area contributed by atoms with Gasteiger partial charge >= 0.3 is 0 Å². The molecule has 0 aliphatic heterocycles. The molecule has 0 radical (unpaired) electrons. The zero-order chi connectivity index (χ0) is 20.1. The second-order valence-corrected chi connectivity index (χ2v) is 8.47. The summed E-state index contributed by atoms with van der Waals surface area (Å²) in [5.74, 6) is 0.495. The summed E-state index contributed by atoms with van der Waals surface area (Å²) < 4.78 is 5.67. The van der Waals surface area contributed by atoms with Gasteiger partial charge in [-0.2, -0.15) is 0 Å². The molecular formula is C21H17N3O2S3. The van der Waals surface area contributed by atoms with Crippen molar-refractivity contribution in [1.29, 1.82) is 0 Å². The van der Waals surface area contributed by atoms with Crippen molar-refractivity contribution in [3.63, 3.8) is 0 Å². The third-order valence-corrected chi connectivity index (χ3v) is 6.23. The van der Waals surface area contributed by atoms with Crippen LogP contribution in [0.1, 0.15) is 16.1 Å². The first kappa shape index (κ1) is 19.6. The number of hydrogen-bond donors (Lipinski definition) is 1. The molecule has 4 rings (SSSR count). The van der Waals surface area contributed by atoms with Crippen LogP contribution in [-0.4, -0.2) is 22.1 Å². The van der Waals surface area contributed by atoms with Crippen LogP contribution in [0.3, 0.4) is 0 Å². The fraction of sp³-hybridized carbons (Fsp3) is 0.0952. The Balaban J connectivity index is 1.37. The fourth-order valence-corrected chi connectivity index (χ4v) is 4.23. The molecule has 146 valence electrons. The van der Waals surface area contributed by atoms with Crippen molar-refractivity contribution in [1.82, 2.24) is 9.97 Å². The maximum absolute atomic E-state index is 12.5. The van der Waals surface area contributed by atoms with E-state index in [2.05, 4.69) is 27.4 Å². The van der Waals surface area contributed by atoms with E-state index in [9.17, 15) is 4.79 Å². The summed E-state index contributed by atoms with van der Waals surface area (Å²) in [6.45, 7) is 0.412. The van der Waals surface area contributed by atoms with E-state index in [1.807, 2.05) is 29.1 Å². The van der Waals surface area contributed by atoms with Crippen LogP contribution in [0.5, 0.6) is 5.75 Å². The summed E-state index contributed by atoms with van der Waals surface area (Å²) in [6.07, 6.45) is 2.05. The highest BCUT2D eigenvalue weighted by Gasteiger charge is 2.10. The summed E-state index contributed by atoms with van der Waals surface area (Å²) in [6, 6.07) is 15.2. The van der Waals surface area contributed by atoms with Gasteiger partial charge in [-0.25, -0.2) is 9.97 Å². The highest BCUT2D eigenvalue weighted by atomic mass is 32.2. The van der Waals surface area contributed by atoms with E-state index in [0.717, 1.165) is 17.0 Å². The second kappa shape index (κ2) is 9.21. The first-order valence-electron chi connectivity index (χ1n) is 8.72. The molecule has 1 N–H and O–H groups in total. The largest absolute Gasteiger partial charge is 0.487 e. The number of ether oxygens (including phenoxy) is 1. The normalized spacial score (nSPS) is 10.7. The van der Waals surface area contributed by atoms with Crippen LogP contribution < -0.4 is 10.1 Å². The molecule has 2 aromatic carbocycles. The van der Waals surface area contributed by atoms with E-state index in [-0.39, 0.29) is 5.91 Å². The molecular weight excluding hydrogens is 422 g/mol. The Morgan fingerprint density at radius 3 is 2.59 bits per heavy atom. The lowest BCUT2D eigenvalue weighted by molar-refractivity contribution is 0.102. The molecule has 4 aromatic rings. The predicted molar refractivity (Wildman–Crippen MR) is 120 cm³/mol. The van der Waals surface area contributed by atoms with Crippen molar-refractivity contribution < 1.29 is 9.53 Å². The van der Waals surface area contributed by atoms with E-state index >= 15 is 0 Å². The van der Waals surface area contributed by atoms with Crippen molar-refractivity contribution in [2.45, 2.75) is 11.5 Å². The maximum Gasteiger partial charge on any atom is 0.257 e. The van der Waals surface area contributed by atoms with Gasteiger partial charge in [0.2, 0.25) is 0 Å². The zero-order valence-electron chi connectivity index (χ0n) is 15.5. The Morgan fingerprint density at radius 2 is 1.90 bits per heavy atom. The van der Waals surface area contributed by atoms with Crippen molar-refractivity contribution >= 4 is 45.5 Å². The highest BCUT2D eigenvalue weighted by molar-refractivity contribution is 7.98. The monoisotopic (exact) mass is 439 g/mol. The third-order valence-electron chi connectivity index (χ3n) is 4.10. The van der Waals surface area contributed by atoms with Crippen LogP contribution in [0.4, 0.5) is 5.13 Å². The van der Waals surface area contributed by atoms with Crippen LogP contribution in [0.25, 0.3) is 11.3 Å². The van der Waals surface area contributed by atoms with Gasteiger partial charge in [0.25, 0.3) is 5.91 Å². The summed E-state index contributed by atoms with van der Waals surface area (Å²) in [5, 5.41) is 7.32. The van der Waals surface area contributed by atoms with E-state index in [1.54, 1.807) is 41.5 Å². The van der Waals surface area contributed by atoms with Crippen LogP contribution in [0.15, 0.2) is 69.7 Å². The smallest absolute Gasteiger partial charge is 0.257 e. The number of anilines is 1. The van der Waals surface area contributed by atoms with Crippen LogP contribution in [0.2, 0.25) is 0 Å². The minimum atomic E-state index is -0.199. The average Bonchev–Trinajstić information content (AvgIpc) is 3.45. The standard InChI is InChI=1S/C21H17N3O2S3/c1-27-18-8-4-14(5-9-18)19-12-29-21(23-19)24-20(25)15-2-6-17(7-3-15)26-10-16-11-28-13-22-16/h2-9,11-13H,10H2,1H3,(H,23,24,25). The number of thiazole rings is 2. The summed E-state index contributed by atoms with van der Waals surface area (Å²) in [4.78, 5) is 22.4. The number of benzene rings is 2. The SMILES string of the molecule is CSc1ccc(-c2csc(NC(=O)c3ccc(OCc4cscn4)cc3)n2)cc1. The number of nitrogens with zero attached hydrogens (tertiary/aromatic N) is 2. The number of carbonyl (C=O) groups is 1. The number of carbonyl (C=O) groups excluding carboxylic acids is 1. The van der Waals surface area contributed by atoms with Crippen molar-refractivity contribution in [3.05, 3.63) is 76.1 Å². The summed E-state index contributed by atoms with van der Waals surface area (Å²) >= 11 is 4.64. The molecule has 0 aliphatic carbocycles. The van der Waals surface area contributed by atoms with Crippen molar-refractivity contribution in [3.8, 4) is 17.0 Å². The average molecular weight is 440 g/mol. The van der Waals surface area contributed by atoms with Gasteiger partial charge in [-0.05, 0) is 42.7 Å². The lowest BCUT2D eigenvalue weighted by Gasteiger charge is -2.06. The van der Waals surface area contributed by atoms with Crippen molar-refractivity contribution in [2.24, 2.45) is 0 Å². The molecule has 0 fully saturated rings. The van der Waals surface area contributed by atoms with E-state index in [1.165, 1.54) is 27.6 Å². The molecule has 2 heterocycles. The number of nitrogens with one attached hydrogen (secondary N) is 1. The van der Waals surface area contributed by atoms with Gasteiger partial charge in [-0.1, -0.05) is 12.1 Å². The molecule has 0 bridgehead atoms. The van der Waals surface area contributed by atoms with Gasteiger partial charge in [-0.3, -0.25) is 10.1 Å². The Morgan fingerprint density at radius 1 is 1.10 bits per heavy atom. The van der Waals surface area contributed by atoms with Crippen LogP contribution >= 0.6 is 34.4 Å². The first-order chi connectivity index (χ1) is 14.2.